The number of hydrogen-bond acceptors (Lipinski definition) is 3. The van der Waals surface area contributed by atoms with Gasteiger partial charge in [0.05, 0.1) is 5.69 Å². The minimum Gasteiger partial charge on any atom is -0.506 e. The lowest BCUT2D eigenvalue weighted by Gasteiger charge is -2.08. The van der Waals surface area contributed by atoms with Gasteiger partial charge in [-0.05, 0) is 19.9 Å². The zero-order valence-corrected chi connectivity index (χ0v) is 6.70. The average Bonchev–Trinajstić information content (AvgIpc) is 1.94. The van der Waals surface area contributed by atoms with Crippen LogP contribution in [0.2, 0.25) is 0 Å². The summed E-state index contributed by atoms with van der Waals surface area (Å²) in [5, 5.41) is 9.43. The molecule has 1 heterocycles. The van der Waals surface area contributed by atoms with Crippen molar-refractivity contribution in [1.82, 2.24) is 4.98 Å². The maximum Gasteiger partial charge on any atom is 0.141 e. The number of hydrogen-bond donors (Lipinski definition) is 2. The second kappa shape index (κ2) is 2.88. The average molecular weight is 152 g/mol. The van der Waals surface area contributed by atoms with E-state index in [1.807, 2.05) is 6.92 Å². The fourth-order valence-electron chi connectivity index (χ4n) is 0.946. The molecule has 60 valence electrons. The number of aromatic hydroxyl groups is 1. The van der Waals surface area contributed by atoms with E-state index in [1.54, 1.807) is 19.2 Å². The number of aromatic nitrogens is 1. The van der Waals surface area contributed by atoms with Crippen molar-refractivity contribution in [2.75, 3.05) is 0 Å². The molecule has 0 spiro atoms. The van der Waals surface area contributed by atoms with Crippen LogP contribution in [-0.2, 0) is 0 Å². The third-order valence-electron chi connectivity index (χ3n) is 1.63. The molecule has 3 nitrogen and oxygen atoms in total. The van der Waals surface area contributed by atoms with Crippen LogP contribution in [0.15, 0.2) is 12.3 Å². The highest BCUT2D eigenvalue weighted by atomic mass is 16.3. The minimum absolute atomic E-state index is 0.142. The van der Waals surface area contributed by atoms with Crippen LogP contribution >= 0.6 is 0 Å². The molecule has 11 heavy (non-hydrogen) atoms. The zero-order chi connectivity index (χ0) is 8.43. The molecule has 1 rings (SSSR count). The zero-order valence-electron chi connectivity index (χ0n) is 6.70. The van der Waals surface area contributed by atoms with E-state index in [1.165, 1.54) is 0 Å². The van der Waals surface area contributed by atoms with Gasteiger partial charge in [0, 0.05) is 17.8 Å². The minimum atomic E-state index is -0.142. The fourth-order valence-corrected chi connectivity index (χ4v) is 0.946. The standard InChI is InChI=1S/C8H12N2O/c1-5(9)7-3-4-10-6(2)8(7)11/h3-5,11H,9H2,1-2H3. The predicted octanol–water partition coefficient (Wildman–Crippen LogP) is 1.12. The van der Waals surface area contributed by atoms with Crippen LogP contribution in [0.5, 0.6) is 5.75 Å². The van der Waals surface area contributed by atoms with E-state index in [-0.39, 0.29) is 11.8 Å². The van der Waals surface area contributed by atoms with Crippen molar-refractivity contribution >= 4 is 0 Å². The van der Waals surface area contributed by atoms with Crippen LogP contribution in [0.3, 0.4) is 0 Å². The Kier molecular flexibility index (Phi) is 2.10. The van der Waals surface area contributed by atoms with Gasteiger partial charge in [0.25, 0.3) is 0 Å². The lowest BCUT2D eigenvalue weighted by Crippen LogP contribution is -2.05. The number of pyridine rings is 1. The molecule has 1 atom stereocenters. The molecule has 0 saturated heterocycles. The van der Waals surface area contributed by atoms with Crippen molar-refractivity contribution in [3.63, 3.8) is 0 Å². The van der Waals surface area contributed by atoms with E-state index in [9.17, 15) is 5.11 Å². The third-order valence-corrected chi connectivity index (χ3v) is 1.63. The molecule has 3 N–H and O–H groups in total. The second-order valence-corrected chi connectivity index (χ2v) is 2.62. The molecule has 1 unspecified atom stereocenters. The molecule has 0 amide bonds. The Labute approximate surface area is 65.9 Å². The fraction of sp³-hybridized carbons (Fsp3) is 0.375. The largest absolute Gasteiger partial charge is 0.506 e. The number of nitrogens with two attached hydrogens (primary N) is 1. The van der Waals surface area contributed by atoms with Crippen molar-refractivity contribution in [3.05, 3.63) is 23.5 Å². The van der Waals surface area contributed by atoms with Crippen LogP contribution in [-0.4, -0.2) is 10.1 Å². The van der Waals surface area contributed by atoms with Gasteiger partial charge in [0.1, 0.15) is 5.75 Å². The molecular formula is C8H12N2O. The predicted molar refractivity (Wildman–Crippen MR) is 43.2 cm³/mol. The monoisotopic (exact) mass is 152 g/mol. The van der Waals surface area contributed by atoms with Crippen LogP contribution in [0.1, 0.15) is 24.2 Å². The molecule has 0 saturated carbocycles. The number of aryl methyl sites for hydroxylation is 1. The molecule has 0 aliphatic heterocycles. The summed E-state index contributed by atoms with van der Waals surface area (Å²) in [4.78, 5) is 3.92. The van der Waals surface area contributed by atoms with Crippen molar-refractivity contribution in [1.29, 1.82) is 0 Å². The molecule has 0 aliphatic rings. The van der Waals surface area contributed by atoms with Crippen LogP contribution in [0, 0.1) is 6.92 Å². The highest BCUT2D eigenvalue weighted by molar-refractivity contribution is 5.36. The Morgan fingerprint density at radius 2 is 2.27 bits per heavy atom. The number of rotatable bonds is 1. The molecule has 3 heteroatoms. The Hall–Kier alpha value is -1.09. The first-order valence-corrected chi connectivity index (χ1v) is 3.53. The highest BCUT2D eigenvalue weighted by Crippen LogP contribution is 2.23. The maximum atomic E-state index is 9.43. The molecule has 0 fully saturated rings. The summed E-state index contributed by atoms with van der Waals surface area (Å²) in [6.07, 6.45) is 1.65. The van der Waals surface area contributed by atoms with E-state index < -0.39 is 0 Å². The SMILES string of the molecule is Cc1nccc(C(C)N)c1O. The molecule has 1 aromatic heterocycles. The summed E-state index contributed by atoms with van der Waals surface area (Å²) in [6.45, 7) is 3.58. The smallest absolute Gasteiger partial charge is 0.141 e. The van der Waals surface area contributed by atoms with Crippen molar-refractivity contribution in [2.45, 2.75) is 19.9 Å². The lowest BCUT2D eigenvalue weighted by atomic mass is 10.1. The Morgan fingerprint density at radius 1 is 1.64 bits per heavy atom. The van der Waals surface area contributed by atoms with Gasteiger partial charge in [-0.1, -0.05) is 0 Å². The molecular weight excluding hydrogens is 140 g/mol. The van der Waals surface area contributed by atoms with Crippen LogP contribution in [0.4, 0.5) is 0 Å². The van der Waals surface area contributed by atoms with Gasteiger partial charge < -0.3 is 10.8 Å². The first-order chi connectivity index (χ1) is 5.13. The first-order valence-electron chi connectivity index (χ1n) is 3.53. The van der Waals surface area contributed by atoms with Crippen molar-refractivity contribution in [2.24, 2.45) is 5.73 Å². The molecule has 0 radical (unpaired) electrons. The molecule has 0 aromatic carbocycles. The first kappa shape index (κ1) is 8.01. The molecule has 0 bridgehead atoms. The summed E-state index contributed by atoms with van der Waals surface area (Å²) in [6, 6.07) is 1.59. The van der Waals surface area contributed by atoms with Gasteiger partial charge in [-0.2, -0.15) is 0 Å². The van der Waals surface area contributed by atoms with Gasteiger partial charge in [-0.25, -0.2) is 0 Å². The van der Waals surface area contributed by atoms with Gasteiger partial charge in [0.15, 0.2) is 0 Å². The van der Waals surface area contributed by atoms with E-state index in [0.717, 1.165) is 5.56 Å². The maximum absolute atomic E-state index is 9.43. The van der Waals surface area contributed by atoms with Crippen LogP contribution < -0.4 is 5.73 Å². The van der Waals surface area contributed by atoms with Gasteiger partial charge in [-0.15, -0.1) is 0 Å². The van der Waals surface area contributed by atoms with E-state index in [2.05, 4.69) is 4.98 Å². The van der Waals surface area contributed by atoms with E-state index >= 15 is 0 Å². The molecule has 1 aromatic rings. The van der Waals surface area contributed by atoms with Gasteiger partial charge >= 0.3 is 0 Å². The normalized spacial score (nSPS) is 13.0. The third kappa shape index (κ3) is 1.49. The van der Waals surface area contributed by atoms with E-state index in [0.29, 0.717) is 5.69 Å². The Bertz CT molecular complexity index is 258. The van der Waals surface area contributed by atoms with E-state index in [4.69, 9.17) is 5.73 Å². The number of nitrogens with zero attached hydrogens (tertiary/aromatic N) is 1. The Morgan fingerprint density at radius 3 is 2.73 bits per heavy atom. The highest BCUT2D eigenvalue weighted by Gasteiger charge is 2.07. The van der Waals surface area contributed by atoms with Gasteiger partial charge in [-0.3, -0.25) is 4.98 Å². The topological polar surface area (TPSA) is 59.1 Å². The van der Waals surface area contributed by atoms with Crippen molar-refractivity contribution in [3.8, 4) is 5.75 Å². The molecule has 0 aliphatic carbocycles. The lowest BCUT2D eigenvalue weighted by molar-refractivity contribution is 0.456. The Balaban J connectivity index is 3.17. The van der Waals surface area contributed by atoms with Gasteiger partial charge in [0.2, 0.25) is 0 Å². The quantitative estimate of drug-likeness (QED) is 0.633. The van der Waals surface area contributed by atoms with Crippen LogP contribution in [0.25, 0.3) is 0 Å². The summed E-state index contributed by atoms with van der Waals surface area (Å²) in [5.41, 5.74) is 6.97. The summed E-state index contributed by atoms with van der Waals surface area (Å²) in [5.74, 6) is 0.211. The summed E-state index contributed by atoms with van der Waals surface area (Å²) in [7, 11) is 0. The second-order valence-electron chi connectivity index (χ2n) is 2.62. The van der Waals surface area contributed by atoms with Crippen molar-refractivity contribution < 1.29 is 5.11 Å². The summed E-state index contributed by atoms with van der Waals surface area (Å²) >= 11 is 0. The summed E-state index contributed by atoms with van der Waals surface area (Å²) < 4.78 is 0.